The monoisotopic (exact) mass is 249 g/mol. The van der Waals surface area contributed by atoms with E-state index in [1.165, 1.54) is 19.3 Å². The van der Waals surface area contributed by atoms with Crippen molar-refractivity contribution in [2.24, 2.45) is 11.8 Å². The second-order valence-electron chi connectivity index (χ2n) is 5.14. The molecule has 18 heavy (non-hydrogen) atoms. The third kappa shape index (κ3) is 1.85. The third-order valence-electron chi connectivity index (χ3n) is 4.04. The molecule has 0 saturated heterocycles. The molecule has 2 bridgehead atoms. The summed E-state index contributed by atoms with van der Waals surface area (Å²) in [7, 11) is 0. The number of nitrogens with two attached hydrogens (primary N) is 1. The maximum atomic E-state index is 10.9. The van der Waals surface area contributed by atoms with Crippen LogP contribution in [0.2, 0.25) is 0 Å². The molecular weight excluding hydrogens is 234 g/mol. The van der Waals surface area contributed by atoms with Gasteiger partial charge >= 0.3 is 5.69 Å². The predicted octanol–water partition coefficient (Wildman–Crippen LogP) is 1.57. The molecule has 0 aromatic carbocycles. The number of nitrogens with zero attached hydrogens (tertiary/aromatic N) is 3. The quantitative estimate of drug-likeness (QED) is 0.622. The van der Waals surface area contributed by atoms with Crippen molar-refractivity contribution in [3.05, 3.63) is 16.3 Å². The number of nitro groups is 1. The van der Waals surface area contributed by atoms with E-state index in [2.05, 4.69) is 15.3 Å². The number of hydrogen-bond donors (Lipinski definition) is 2. The summed E-state index contributed by atoms with van der Waals surface area (Å²) in [5.74, 6) is 1.70. The first kappa shape index (κ1) is 11.2. The number of aromatic nitrogens is 2. The van der Waals surface area contributed by atoms with Crippen LogP contribution in [0.5, 0.6) is 0 Å². The average Bonchev–Trinajstić information content (AvgIpc) is 2.90. The molecule has 3 N–H and O–H groups in total. The van der Waals surface area contributed by atoms with Crippen molar-refractivity contribution in [3.63, 3.8) is 0 Å². The van der Waals surface area contributed by atoms with Gasteiger partial charge in [-0.15, -0.1) is 0 Å². The maximum Gasteiger partial charge on any atom is 0.329 e. The lowest BCUT2D eigenvalue weighted by atomic mass is 9.95. The number of rotatable bonds is 3. The molecule has 0 amide bonds. The lowest BCUT2D eigenvalue weighted by Crippen LogP contribution is -2.27. The third-order valence-corrected chi connectivity index (χ3v) is 4.04. The first-order valence-corrected chi connectivity index (χ1v) is 6.17. The van der Waals surface area contributed by atoms with Crippen LogP contribution in [-0.2, 0) is 0 Å². The Morgan fingerprint density at radius 3 is 2.89 bits per heavy atom. The Kier molecular flexibility index (Phi) is 2.53. The molecule has 96 valence electrons. The van der Waals surface area contributed by atoms with E-state index in [-0.39, 0.29) is 23.5 Å². The van der Waals surface area contributed by atoms with Gasteiger partial charge < -0.3 is 11.1 Å². The van der Waals surface area contributed by atoms with E-state index in [0.29, 0.717) is 5.92 Å². The highest BCUT2D eigenvalue weighted by Crippen LogP contribution is 2.45. The van der Waals surface area contributed by atoms with Gasteiger partial charge in [0.25, 0.3) is 0 Å². The molecule has 2 saturated carbocycles. The summed E-state index contributed by atoms with van der Waals surface area (Å²) in [5.41, 5.74) is 5.39. The Balaban J connectivity index is 1.83. The number of nitrogens with one attached hydrogen (secondary N) is 1. The Bertz CT molecular complexity index is 492. The molecule has 0 aliphatic heterocycles. The van der Waals surface area contributed by atoms with Crippen LogP contribution >= 0.6 is 0 Å². The van der Waals surface area contributed by atoms with E-state index in [4.69, 9.17) is 5.73 Å². The first-order valence-electron chi connectivity index (χ1n) is 6.17. The van der Waals surface area contributed by atoms with Crippen molar-refractivity contribution in [3.8, 4) is 0 Å². The molecule has 3 rings (SSSR count). The highest BCUT2D eigenvalue weighted by atomic mass is 16.6. The summed E-state index contributed by atoms with van der Waals surface area (Å²) < 4.78 is 0. The van der Waals surface area contributed by atoms with Crippen LogP contribution in [0.3, 0.4) is 0 Å². The zero-order chi connectivity index (χ0) is 12.7. The second-order valence-corrected chi connectivity index (χ2v) is 5.14. The lowest BCUT2D eigenvalue weighted by molar-refractivity contribution is -0.384. The van der Waals surface area contributed by atoms with Gasteiger partial charge in [0, 0.05) is 6.04 Å². The molecule has 0 radical (unpaired) electrons. The summed E-state index contributed by atoms with van der Waals surface area (Å²) in [5, 5.41) is 14.1. The standard InChI is InChI=1S/C11H15N5O2/c12-11-13-5-9(16(17)18)10(15-11)14-8-4-6-1-2-7(8)3-6/h5-8H,1-4H2,(H3,12,13,14,15). The van der Waals surface area contributed by atoms with E-state index in [1.807, 2.05) is 0 Å². The molecule has 1 aromatic rings. The van der Waals surface area contributed by atoms with Crippen LogP contribution in [0.1, 0.15) is 25.7 Å². The number of nitrogen functional groups attached to an aromatic ring is 1. The zero-order valence-electron chi connectivity index (χ0n) is 9.87. The molecule has 2 aliphatic carbocycles. The normalized spacial score (nSPS) is 29.4. The molecule has 7 heteroatoms. The summed E-state index contributed by atoms with van der Waals surface area (Å²) in [6, 6.07) is 0.289. The van der Waals surface area contributed by atoms with Gasteiger partial charge in [0.2, 0.25) is 11.8 Å². The Hall–Kier alpha value is -1.92. The van der Waals surface area contributed by atoms with Crippen LogP contribution in [0.4, 0.5) is 17.5 Å². The summed E-state index contributed by atoms with van der Waals surface area (Å²) in [4.78, 5) is 18.1. The van der Waals surface area contributed by atoms with E-state index < -0.39 is 4.92 Å². The smallest absolute Gasteiger partial charge is 0.329 e. The molecule has 2 fully saturated rings. The van der Waals surface area contributed by atoms with Crippen LogP contribution < -0.4 is 11.1 Å². The van der Waals surface area contributed by atoms with Crippen LogP contribution in [0.15, 0.2) is 6.20 Å². The van der Waals surface area contributed by atoms with Crippen molar-refractivity contribution in [2.45, 2.75) is 31.7 Å². The van der Waals surface area contributed by atoms with E-state index >= 15 is 0 Å². The summed E-state index contributed by atoms with van der Waals surface area (Å²) in [6.07, 6.45) is 5.96. The van der Waals surface area contributed by atoms with E-state index in [0.717, 1.165) is 18.5 Å². The minimum Gasteiger partial charge on any atom is -0.368 e. The topological polar surface area (TPSA) is 107 Å². The molecule has 2 aliphatic rings. The highest BCUT2D eigenvalue weighted by Gasteiger charge is 2.40. The first-order chi connectivity index (χ1) is 8.63. The molecule has 1 aromatic heterocycles. The summed E-state index contributed by atoms with van der Waals surface area (Å²) >= 11 is 0. The predicted molar refractivity (Wildman–Crippen MR) is 66.0 cm³/mol. The molecule has 3 atom stereocenters. The average molecular weight is 249 g/mol. The molecule has 1 heterocycles. The fraction of sp³-hybridized carbons (Fsp3) is 0.636. The van der Waals surface area contributed by atoms with E-state index in [9.17, 15) is 10.1 Å². The Labute approximate surface area is 104 Å². The minimum atomic E-state index is -0.477. The molecule has 0 spiro atoms. The lowest BCUT2D eigenvalue weighted by Gasteiger charge is -2.23. The van der Waals surface area contributed by atoms with Crippen LogP contribution in [-0.4, -0.2) is 20.9 Å². The van der Waals surface area contributed by atoms with Gasteiger partial charge in [0.1, 0.15) is 6.20 Å². The van der Waals surface area contributed by atoms with Gasteiger partial charge in [-0.05, 0) is 31.1 Å². The number of hydrogen-bond acceptors (Lipinski definition) is 6. The number of fused-ring (bicyclic) bond motifs is 2. The zero-order valence-corrected chi connectivity index (χ0v) is 9.87. The summed E-state index contributed by atoms with van der Waals surface area (Å²) in [6.45, 7) is 0. The van der Waals surface area contributed by atoms with Crippen molar-refractivity contribution in [1.82, 2.24) is 9.97 Å². The Morgan fingerprint density at radius 1 is 1.44 bits per heavy atom. The number of anilines is 2. The van der Waals surface area contributed by atoms with Gasteiger partial charge in [-0.1, -0.05) is 6.42 Å². The molecule has 7 nitrogen and oxygen atoms in total. The van der Waals surface area contributed by atoms with Crippen molar-refractivity contribution in [1.29, 1.82) is 0 Å². The van der Waals surface area contributed by atoms with Crippen LogP contribution in [0.25, 0.3) is 0 Å². The Morgan fingerprint density at radius 2 is 2.28 bits per heavy atom. The van der Waals surface area contributed by atoms with Gasteiger partial charge in [-0.2, -0.15) is 4.98 Å². The van der Waals surface area contributed by atoms with Gasteiger partial charge in [-0.3, -0.25) is 10.1 Å². The van der Waals surface area contributed by atoms with Crippen LogP contribution in [0, 0.1) is 22.0 Å². The molecule has 3 unspecified atom stereocenters. The SMILES string of the molecule is Nc1ncc([N+](=O)[O-])c(NC2CC3CCC2C3)n1. The molecular formula is C11H15N5O2. The largest absolute Gasteiger partial charge is 0.368 e. The maximum absolute atomic E-state index is 10.9. The van der Waals surface area contributed by atoms with Crippen molar-refractivity contribution in [2.75, 3.05) is 11.1 Å². The van der Waals surface area contributed by atoms with E-state index in [1.54, 1.807) is 0 Å². The van der Waals surface area contributed by atoms with Crippen molar-refractivity contribution >= 4 is 17.5 Å². The van der Waals surface area contributed by atoms with Gasteiger partial charge in [0.05, 0.1) is 4.92 Å². The highest BCUT2D eigenvalue weighted by molar-refractivity contribution is 5.57. The minimum absolute atomic E-state index is 0.0613. The van der Waals surface area contributed by atoms with Gasteiger partial charge in [0.15, 0.2) is 0 Å². The fourth-order valence-corrected chi connectivity index (χ4v) is 3.23. The fourth-order valence-electron chi connectivity index (χ4n) is 3.23. The van der Waals surface area contributed by atoms with Gasteiger partial charge in [-0.25, -0.2) is 4.98 Å². The van der Waals surface area contributed by atoms with Crippen molar-refractivity contribution < 1.29 is 4.92 Å². The second kappa shape index (κ2) is 4.08.